The van der Waals surface area contributed by atoms with E-state index in [0.717, 1.165) is 0 Å². The van der Waals surface area contributed by atoms with Crippen molar-refractivity contribution in [1.29, 1.82) is 0 Å². The van der Waals surface area contributed by atoms with Crippen molar-refractivity contribution in [2.45, 2.75) is 6.04 Å². The third-order valence-electron chi connectivity index (χ3n) is 0.866. The van der Waals surface area contributed by atoms with Gasteiger partial charge in [0.2, 0.25) is 0 Å². The Kier molecular flexibility index (Phi) is 1.12. The van der Waals surface area contributed by atoms with Crippen molar-refractivity contribution in [1.82, 2.24) is 0 Å². The SMILES string of the molecule is N[C@H]1CN=C1O[Si]. The summed E-state index contributed by atoms with van der Waals surface area (Å²) >= 11 is 0. The molecule has 7 heavy (non-hydrogen) atoms. The number of aliphatic imine (C=N–C) groups is 1. The molecule has 37 valence electrons. The van der Waals surface area contributed by atoms with Gasteiger partial charge in [0.25, 0.3) is 0 Å². The van der Waals surface area contributed by atoms with Crippen LogP contribution < -0.4 is 5.73 Å². The monoisotopic (exact) mass is 113 g/mol. The summed E-state index contributed by atoms with van der Waals surface area (Å²) in [6.45, 7) is 0.694. The molecule has 0 unspecified atom stereocenters. The van der Waals surface area contributed by atoms with Gasteiger partial charge >= 0.3 is 10.5 Å². The smallest absolute Gasteiger partial charge is 0.342 e. The van der Waals surface area contributed by atoms with Gasteiger partial charge in [0, 0.05) is 0 Å². The van der Waals surface area contributed by atoms with Crippen molar-refractivity contribution >= 4 is 16.4 Å². The maximum atomic E-state index is 5.35. The molecule has 3 radical (unpaired) electrons. The van der Waals surface area contributed by atoms with Gasteiger partial charge in [-0.25, -0.2) is 0 Å². The van der Waals surface area contributed by atoms with E-state index in [4.69, 9.17) is 5.73 Å². The van der Waals surface area contributed by atoms with Gasteiger partial charge in [0.1, 0.15) is 0 Å². The molecular weight excluding hydrogens is 108 g/mol. The minimum atomic E-state index is 0.0255. The molecule has 0 aromatic carbocycles. The molecule has 0 spiro atoms. The predicted molar refractivity (Wildman–Crippen MR) is 27.1 cm³/mol. The van der Waals surface area contributed by atoms with E-state index in [1.807, 2.05) is 0 Å². The molecule has 0 fully saturated rings. The van der Waals surface area contributed by atoms with Crippen molar-refractivity contribution in [2.75, 3.05) is 6.54 Å². The van der Waals surface area contributed by atoms with Crippen LogP contribution in [0.2, 0.25) is 0 Å². The molecule has 0 amide bonds. The Morgan fingerprint density at radius 2 is 2.71 bits per heavy atom. The standard InChI is InChI=1S/C3H5N2OSi/c4-2-1-5-3(2)6-7/h2H,1,4H2/t2-/m0/s1. The Balaban J connectivity index is 2.41. The van der Waals surface area contributed by atoms with E-state index in [1.54, 1.807) is 0 Å². The largest absolute Gasteiger partial charge is 0.530 e. The highest BCUT2D eigenvalue weighted by Gasteiger charge is 2.18. The van der Waals surface area contributed by atoms with Crippen molar-refractivity contribution < 1.29 is 4.43 Å². The first-order chi connectivity index (χ1) is 3.34. The molecule has 0 saturated heterocycles. The first kappa shape index (κ1) is 4.80. The lowest BCUT2D eigenvalue weighted by molar-refractivity contribution is 0.526. The summed E-state index contributed by atoms with van der Waals surface area (Å²) in [6.07, 6.45) is 0. The first-order valence-electron chi connectivity index (χ1n) is 1.98. The number of hydrogen-bond acceptors (Lipinski definition) is 3. The zero-order valence-electron chi connectivity index (χ0n) is 3.72. The van der Waals surface area contributed by atoms with Gasteiger partial charge in [-0.05, 0) is 0 Å². The topological polar surface area (TPSA) is 47.6 Å². The van der Waals surface area contributed by atoms with Crippen LogP contribution in [0.1, 0.15) is 0 Å². The molecule has 1 aliphatic heterocycles. The third-order valence-corrected chi connectivity index (χ3v) is 1.07. The summed E-state index contributed by atoms with van der Waals surface area (Å²) in [4.78, 5) is 3.79. The van der Waals surface area contributed by atoms with Crippen LogP contribution in [0.4, 0.5) is 0 Å². The fourth-order valence-corrected chi connectivity index (χ4v) is 0.595. The van der Waals surface area contributed by atoms with Crippen LogP contribution in [0.3, 0.4) is 0 Å². The second kappa shape index (κ2) is 1.63. The molecule has 0 aromatic rings. The van der Waals surface area contributed by atoms with Gasteiger partial charge in [-0.15, -0.1) is 0 Å². The van der Waals surface area contributed by atoms with E-state index in [2.05, 4.69) is 19.9 Å². The van der Waals surface area contributed by atoms with Crippen LogP contribution in [0.25, 0.3) is 0 Å². The van der Waals surface area contributed by atoms with Crippen molar-refractivity contribution in [3.8, 4) is 0 Å². The van der Waals surface area contributed by atoms with Gasteiger partial charge in [-0.2, -0.15) is 0 Å². The van der Waals surface area contributed by atoms with Crippen molar-refractivity contribution in [3.05, 3.63) is 0 Å². The van der Waals surface area contributed by atoms with Gasteiger partial charge in [-0.3, -0.25) is 4.99 Å². The van der Waals surface area contributed by atoms with Gasteiger partial charge in [0.15, 0.2) is 5.90 Å². The molecule has 0 bridgehead atoms. The summed E-state index contributed by atoms with van der Waals surface area (Å²) in [5, 5.41) is 0. The molecule has 4 heteroatoms. The van der Waals surface area contributed by atoms with Crippen LogP contribution in [0.15, 0.2) is 4.99 Å². The summed E-state index contributed by atoms with van der Waals surface area (Å²) in [6, 6.07) is 0.0255. The van der Waals surface area contributed by atoms with E-state index < -0.39 is 0 Å². The van der Waals surface area contributed by atoms with Gasteiger partial charge < -0.3 is 10.2 Å². The molecule has 1 aliphatic rings. The number of nitrogens with two attached hydrogens (primary N) is 1. The van der Waals surface area contributed by atoms with E-state index in [9.17, 15) is 0 Å². The van der Waals surface area contributed by atoms with Gasteiger partial charge in [0.05, 0.1) is 12.6 Å². The average Bonchev–Trinajstić information content (AvgIpc) is 1.65. The normalized spacial score (nSPS) is 28.3. The Morgan fingerprint density at radius 1 is 2.00 bits per heavy atom. The Bertz CT molecular complexity index is 103. The molecule has 1 heterocycles. The van der Waals surface area contributed by atoms with Crippen LogP contribution in [-0.2, 0) is 4.43 Å². The summed E-state index contributed by atoms with van der Waals surface area (Å²) in [7, 11) is 2.80. The Morgan fingerprint density at radius 3 is 2.71 bits per heavy atom. The number of nitrogens with zero attached hydrogens (tertiary/aromatic N) is 1. The zero-order chi connectivity index (χ0) is 5.28. The average molecular weight is 113 g/mol. The van der Waals surface area contributed by atoms with E-state index in [-0.39, 0.29) is 6.04 Å². The maximum absolute atomic E-state index is 5.35. The van der Waals surface area contributed by atoms with E-state index in [1.165, 1.54) is 0 Å². The van der Waals surface area contributed by atoms with E-state index in [0.29, 0.717) is 12.4 Å². The molecule has 1 atom stereocenters. The van der Waals surface area contributed by atoms with Crippen LogP contribution in [0, 0.1) is 0 Å². The van der Waals surface area contributed by atoms with Crippen LogP contribution in [0.5, 0.6) is 0 Å². The van der Waals surface area contributed by atoms with E-state index >= 15 is 0 Å². The van der Waals surface area contributed by atoms with Crippen LogP contribution >= 0.6 is 0 Å². The quantitative estimate of drug-likeness (QED) is 0.402. The minimum Gasteiger partial charge on any atom is -0.530 e. The molecule has 1 rings (SSSR count). The first-order valence-corrected chi connectivity index (χ1v) is 2.39. The predicted octanol–water partition coefficient (Wildman–Crippen LogP) is -1.17. The number of rotatable bonds is 0. The summed E-state index contributed by atoms with van der Waals surface area (Å²) < 4.78 is 4.53. The lowest BCUT2D eigenvalue weighted by Gasteiger charge is -2.19. The highest BCUT2D eigenvalue weighted by atomic mass is 28.2. The molecule has 3 nitrogen and oxygen atoms in total. The highest BCUT2D eigenvalue weighted by Crippen LogP contribution is 1.98. The fraction of sp³-hybridized carbons (Fsp3) is 0.667. The lowest BCUT2D eigenvalue weighted by atomic mass is 10.2. The zero-order valence-corrected chi connectivity index (χ0v) is 4.72. The Labute approximate surface area is 45.1 Å². The molecule has 0 aliphatic carbocycles. The van der Waals surface area contributed by atoms with Crippen molar-refractivity contribution in [2.24, 2.45) is 10.7 Å². The van der Waals surface area contributed by atoms with Crippen molar-refractivity contribution in [3.63, 3.8) is 0 Å². The molecular formula is C3H5N2OSi. The maximum Gasteiger partial charge on any atom is 0.342 e. The second-order valence-corrected chi connectivity index (χ2v) is 1.59. The second-order valence-electron chi connectivity index (χ2n) is 1.39. The summed E-state index contributed by atoms with van der Waals surface area (Å²) in [5.41, 5.74) is 5.35. The molecule has 0 saturated carbocycles. The van der Waals surface area contributed by atoms with Crippen LogP contribution in [-0.4, -0.2) is 29.0 Å². The van der Waals surface area contributed by atoms with Gasteiger partial charge in [-0.1, -0.05) is 0 Å². The minimum absolute atomic E-state index is 0.0255. The molecule has 2 N–H and O–H groups in total. The highest BCUT2D eigenvalue weighted by molar-refractivity contribution is 6.08. The fourth-order valence-electron chi connectivity index (χ4n) is 0.379. The Hall–Kier alpha value is -0.353. The number of hydrogen-bond donors (Lipinski definition) is 1. The third kappa shape index (κ3) is 0.663. The molecule has 0 aromatic heterocycles. The summed E-state index contributed by atoms with van der Waals surface area (Å²) in [5.74, 6) is 0.594. The lowest BCUT2D eigenvalue weighted by Crippen LogP contribution is -2.42.